The van der Waals surface area contributed by atoms with Gasteiger partial charge in [0, 0.05) is 11.2 Å². The lowest BCUT2D eigenvalue weighted by Gasteiger charge is -2.32. The first-order chi connectivity index (χ1) is 12.1. The molecule has 1 saturated heterocycles. The maximum absolute atomic E-state index is 12.6. The molecule has 2 aromatic rings. The molecule has 1 fully saturated rings. The molecule has 1 aliphatic rings. The van der Waals surface area contributed by atoms with Gasteiger partial charge in [0.05, 0.1) is 17.0 Å². The molecule has 5 nitrogen and oxygen atoms in total. The highest BCUT2D eigenvalue weighted by atomic mass is 32.2. The molecule has 3 rings (SSSR count). The number of benzene rings is 2. The Hall–Kier alpha value is -1.83. The van der Waals surface area contributed by atoms with Crippen LogP contribution in [-0.4, -0.2) is 26.7 Å². The van der Waals surface area contributed by atoms with Crippen LogP contribution in [-0.2, 0) is 25.1 Å². The topological polar surface area (TPSA) is 64.6 Å². The third kappa shape index (κ3) is 3.95. The van der Waals surface area contributed by atoms with Gasteiger partial charge in [0.2, 0.25) is 10.0 Å². The van der Waals surface area contributed by atoms with E-state index < -0.39 is 28.3 Å². The molecule has 0 amide bonds. The van der Waals surface area contributed by atoms with E-state index in [1.807, 2.05) is 58.0 Å². The van der Waals surface area contributed by atoms with E-state index in [-0.39, 0.29) is 5.75 Å². The predicted molar refractivity (Wildman–Crippen MR) is 105 cm³/mol. The van der Waals surface area contributed by atoms with Gasteiger partial charge in [0.15, 0.2) is 0 Å². The molecule has 0 bridgehead atoms. The fourth-order valence-electron chi connectivity index (χ4n) is 2.76. The van der Waals surface area contributed by atoms with Crippen molar-refractivity contribution >= 4 is 28.3 Å². The molecule has 0 saturated carbocycles. The Balaban J connectivity index is 1.84. The highest BCUT2D eigenvalue weighted by Crippen LogP contribution is 2.37. The standard InChI is InChI=1S/C19H24BNO4S/c1-18(2)19(3,4)25-20(24-18)16-12-8-9-13-17(16)21-26(22,23)14-15-10-6-5-7-11-15/h5-13,21H,14H2,1-4H3. The summed E-state index contributed by atoms with van der Waals surface area (Å²) < 4.78 is 40.0. The van der Waals surface area contributed by atoms with E-state index in [1.165, 1.54) is 0 Å². The lowest BCUT2D eigenvalue weighted by molar-refractivity contribution is 0.00578. The molecular weight excluding hydrogens is 349 g/mol. The zero-order valence-corrected chi connectivity index (χ0v) is 16.3. The third-order valence-electron chi connectivity index (χ3n) is 4.93. The van der Waals surface area contributed by atoms with Crippen LogP contribution in [0.3, 0.4) is 0 Å². The minimum absolute atomic E-state index is 0.0917. The van der Waals surface area contributed by atoms with Crippen molar-refractivity contribution in [3.8, 4) is 0 Å². The Morgan fingerprint density at radius 2 is 1.42 bits per heavy atom. The summed E-state index contributed by atoms with van der Waals surface area (Å²) in [5, 5.41) is 0. The summed E-state index contributed by atoms with van der Waals surface area (Å²) in [5.74, 6) is -0.0917. The largest absolute Gasteiger partial charge is 0.496 e. The lowest BCUT2D eigenvalue weighted by atomic mass is 9.78. The molecule has 0 unspecified atom stereocenters. The van der Waals surface area contributed by atoms with E-state index >= 15 is 0 Å². The monoisotopic (exact) mass is 373 g/mol. The first-order valence-corrected chi connectivity index (χ1v) is 10.2. The Labute approximate surface area is 155 Å². The van der Waals surface area contributed by atoms with E-state index in [9.17, 15) is 8.42 Å². The molecule has 26 heavy (non-hydrogen) atoms. The SMILES string of the molecule is CC1(C)OB(c2ccccc2NS(=O)(=O)Cc2ccccc2)OC1(C)C. The molecule has 0 radical (unpaired) electrons. The van der Waals surface area contributed by atoms with Gasteiger partial charge < -0.3 is 9.31 Å². The summed E-state index contributed by atoms with van der Waals surface area (Å²) in [5.41, 5.74) is 0.888. The minimum atomic E-state index is -3.56. The number of sulfonamides is 1. The van der Waals surface area contributed by atoms with Crippen molar-refractivity contribution in [3.63, 3.8) is 0 Å². The van der Waals surface area contributed by atoms with Gasteiger partial charge >= 0.3 is 7.12 Å². The van der Waals surface area contributed by atoms with Crippen LogP contribution in [0, 0.1) is 0 Å². The average molecular weight is 373 g/mol. The van der Waals surface area contributed by atoms with Crippen LogP contribution in [0.1, 0.15) is 33.3 Å². The summed E-state index contributed by atoms with van der Waals surface area (Å²) in [4.78, 5) is 0. The summed E-state index contributed by atoms with van der Waals surface area (Å²) in [6.45, 7) is 7.87. The van der Waals surface area contributed by atoms with Gasteiger partial charge in [-0.2, -0.15) is 0 Å². The van der Waals surface area contributed by atoms with E-state index in [4.69, 9.17) is 9.31 Å². The summed E-state index contributed by atoms with van der Waals surface area (Å²) in [6.07, 6.45) is 0. The van der Waals surface area contributed by atoms with Crippen molar-refractivity contribution in [1.82, 2.24) is 0 Å². The zero-order chi connectivity index (χ0) is 19.0. The van der Waals surface area contributed by atoms with E-state index in [0.717, 1.165) is 5.56 Å². The second kappa shape index (κ2) is 6.72. The quantitative estimate of drug-likeness (QED) is 0.819. The van der Waals surface area contributed by atoms with Crippen LogP contribution in [0.5, 0.6) is 0 Å². The smallest absolute Gasteiger partial charge is 0.399 e. The third-order valence-corrected chi connectivity index (χ3v) is 6.18. The first-order valence-electron chi connectivity index (χ1n) is 8.59. The number of nitrogens with one attached hydrogen (secondary N) is 1. The van der Waals surface area contributed by atoms with Gasteiger partial charge in [-0.1, -0.05) is 48.5 Å². The Kier molecular flexibility index (Phi) is 4.90. The van der Waals surface area contributed by atoms with Crippen LogP contribution in [0.15, 0.2) is 54.6 Å². The molecule has 0 aromatic heterocycles. The highest BCUT2D eigenvalue weighted by Gasteiger charge is 2.52. The van der Waals surface area contributed by atoms with Crippen LogP contribution < -0.4 is 10.2 Å². The molecule has 1 heterocycles. The van der Waals surface area contributed by atoms with Crippen LogP contribution in [0.4, 0.5) is 5.69 Å². The molecule has 0 aliphatic carbocycles. The normalized spacial score (nSPS) is 18.7. The number of hydrogen-bond donors (Lipinski definition) is 1. The fraction of sp³-hybridized carbons (Fsp3) is 0.368. The first kappa shape index (κ1) is 19.0. The Morgan fingerprint density at radius 1 is 0.885 bits per heavy atom. The van der Waals surface area contributed by atoms with Crippen LogP contribution in [0.2, 0.25) is 0 Å². The average Bonchev–Trinajstić information content (AvgIpc) is 2.76. The molecule has 0 spiro atoms. The number of hydrogen-bond acceptors (Lipinski definition) is 4. The molecule has 1 aliphatic heterocycles. The van der Waals surface area contributed by atoms with Crippen molar-refractivity contribution < 1.29 is 17.7 Å². The molecular formula is C19H24BNO4S. The number of rotatable bonds is 5. The van der Waals surface area contributed by atoms with Crippen LogP contribution >= 0.6 is 0 Å². The molecule has 2 aromatic carbocycles. The minimum Gasteiger partial charge on any atom is -0.399 e. The molecule has 138 valence electrons. The van der Waals surface area contributed by atoms with Gasteiger partial charge in [-0.25, -0.2) is 8.42 Å². The van der Waals surface area contributed by atoms with Gasteiger partial charge in [0.25, 0.3) is 0 Å². The van der Waals surface area contributed by atoms with Crippen molar-refractivity contribution in [2.75, 3.05) is 4.72 Å². The number of para-hydroxylation sites is 1. The van der Waals surface area contributed by atoms with Gasteiger partial charge in [-0.3, -0.25) is 4.72 Å². The van der Waals surface area contributed by atoms with Crippen molar-refractivity contribution in [1.29, 1.82) is 0 Å². The maximum Gasteiger partial charge on any atom is 0.496 e. The maximum atomic E-state index is 12.6. The summed E-state index contributed by atoms with van der Waals surface area (Å²) >= 11 is 0. The second-order valence-electron chi connectivity index (χ2n) is 7.52. The van der Waals surface area contributed by atoms with Gasteiger partial charge in [-0.15, -0.1) is 0 Å². The van der Waals surface area contributed by atoms with E-state index in [1.54, 1.807) is 24.3 Å². The molecule has 7 heteroatoms. The van der Waals surface area contributed by atoms with Crippen LogP contribution in [0.25, 0.3) is 0 Å². The summed E-state index contributed by atoms with van der Waals surface area (Å²) in [7, 11) is -4.19. The van der Waals surface area contributed by atoms with Crippen molar-refractivity contribution in [3.05, 3.63) is 60.2 Å². The Morgan fingerprint density at radius 3 is 2.04 bits per heavy atom. The second-order valence-corrected chi connectivity index (χ2v) is 9.24. The van der Waals surface area contributed by atoms with Gasteiger partial charge in [0.1, 0.15) is 0 Å². The fourth-order valence-corrected chi connectivity index (χ4v) is 3.99. The number of anilines is 1. The Bertz CT molecular complexity index is 865. The van der Waals surface area contributed by atoms with Crippen molar-refractivity contribution in [2.45, 2.75) is 44.6 Å². The summed E-state index contributed by atoms with van der Waals surface area (Å²) in [6, 6.07) is 16.3. The molecule has 1 N–H and O–H groups in total. The van der Waals surface area contributed by atoms with Gasteiger partial charge in [-0.05, 0) is 39.3 Å². The van der Waals surface area contributed by atoms with E-state index in [2.05, 4.69) is 4.72 Å². The van der Waals surface area contributed by atoms with E-state index in [0.29, 0.717) is 11.2 Å². The predicted octanol–water partition coefficient (Wildman–Crippen LogP) is 2.93. The highest BCUT2D eigenvalue weighted by molar-refractivity contribution is 7.91. The lowest BCUT2D eigenvalue weighted by Crippen LogP contribution is -2.41. The zero-order valence-electron chi connectivity index (χ0n) is 15.5. The molecule has 0 atom stereocenters. The van der Waals surface area contributed by atoms with Crippen molar-refractivity contribution in [2.24, 2.45) is 0 Å².